The number of carbonyl (C=O) groups excluding carboxylic acids is 2. The van der Waals surface area contributed by atoms with E-state index in [2.05, 4.69) is 5.32 Å². The van der Waals surface area contributed by atoms with Crippen LogP contribution in [0.4, 0.5) is 5.69 Å². The Morgan fingerprint density at radius 3 is 2.43 bits per heavy atom. The van der Waals surface area contributed by atoms with Crippen molar-refractivity contribution >= 4 is 17.5 Å². The van der Waals surface area contributed by atoms with Crippen molar-refractivity contribution in [1.29, 1.82) is 0 Å². The normalized spacial score (nSPS) is 15.4. The minimum atomic E-state index is -0.647. The number of para-hydroxylation sites is 1. The molecule has 1 heterocycles. The Hall–Kier alpha value is -2.82. The van der Waals surface area contributed by atoms with E-state index in [0.29, 0.717) is 17.0 Å². The van der Waals surface area contributed by atoms with Gasteiger partial charge in [-0.2, -0.15) is 0 Å². The van der Waals surface area contributed by atoms with Crippen molar-refractivity contribution in [1.82, 2.24) is 4.90 Å². The first kappa shape index (κ1) is 19.9. The molecule has 1 N–H and O–H groups in total. The van der Waals surface area contributed by atoms with Crippen molar-refractivity contribution in [2.45, 2.75) is 45.6 Å². The number of nitrogens with zero attached hydrogens (tertiary/aromatic N) is 1. The summed E-state index contributed by atoms with van der Waals surface area (Å²) in [6.45, 7) is 5.26. The fourth-order valence-electron chi connectivity index (χ4n) is 3.36. The van der Waals surface area contributed by atoms with Crippen molar-refractivity contribution in [3.05, 3.63) is 59.7 Å². The van der Waals surface area contributed by atoms with Gasteiger partial charge < -0.3 is 15.0 Å². The van der Waals surface area contributed by atoms with Gasteiger partial charge in [0.05, 0.1) is 0 Å². The molecule has 0 aliphatic carbocycles. The van der Waals surface area contributed by atoms with E-state index in [-0.39, 0.29) is 11.8 Å². The molecule has 1 fully saturated rings. The second-order valence-corrected chi connectivity index (χ2v) is 7.30. The fourth-order valence-corrected chi connectivity index (χ4v) is 3.36. The van der Waals surface area contributed by atoms with Crippen LogP contribution in [-0.2, 0) is 4.79 Å². The Morgan fingerprint density at radius 2 is 1.71 bits per heavy atom. The van der Waals surface area contributed by atoms with Crippen LogP contribution in [0.3, 0.4) is 0 Å². The third-order valence-corrected chi connectivity index (χ3v) is 5.04. The highest BCUT2D eigenvalue weighted by Crippen LogP contribution is 2.19. The number of carbonyl (C=O) groups is 2. The lowest BCUT2D eigenvalue weighted by atomic mass is 10.1. The highest BCUT2D eigenvalue weighted by atomic mass is 16.5. The Balaban J connectivity index is 1.64. The SMILES string of the molecule is Cc1ccccc1OC(C)C(=O)Nc1cccc(C(=O)N2CCCCCC2)c1. The monoisotopic (exact) mass is 380 g/mol. The molecule has 1 saturated heterocycles. The van der Waals surface area contributed by atoms with E-state index < -0.39 is 6.10 Å². The maximum absolute atomic E-state index is 12.8. The van der Waals surface area contributed by atoms with Gasteiger partial charge in [0.15, 0.2) is 6.10 Å². The molecule has 1 unspecified atom stereocenters. The van der Waals surface area contributed by atoms with Gasteiger partial charge in [-0.25, -0.2) is 0 Å². The second kappa shape index (κ2) is 9.40. The number of anilines is 1. The van der Waals surface area contributed by atoms with E-state index in [9.17, 15) is 9.59 Å². The Kier molecular flexibility index (Phi) is 6.69. The van der Waals surface area contributed by atoms with Gasteiger partial charge in [-0.1, -0.05) is 37.1 Å². The molecule has 1 atom stereocenters. The third kappa shape index (κ3) is 5.12. The van der Waals surface area contributed by atoms with Gasteiger partial charge in [0.1, 0.15) is 5.75 Å². The maximum Gasteiger partial charge on any atom is 0.265 e. The molecule has 1 aliphatic rings. The number of aryl methyl sites for hydroxylation is 1. The lowest BCUT2D eigenvalue weighted by Crippen LogP contribution is -2.32. The molecule has 1 aliphatic heterocycles. The molecule has 0 saturated carbocycles. The summed E-state index contributed by atoms with van der Waals surface area (Å²) in [5, 5.41) is 2.86. The minimum absolute atomic E-state index is 0.0298. The summed E-state index contributed by atoms with van der Waals surface area (Å²) in [4.78, 5) is 27.2. The van der Waals surface area contributed by atoms with Crippen LogP contribution in [0.25, 0.3) is 0 Å². The molecule has 2 aromatic rings. The van der Waals surface area contributed by atoms with Gasteiger partial charge >= 0.3 is 0 Å². The van der Waals surface area contributed by atoms with E-state index in [4.69, 9.17) is 4.74 Å². The van der Waals surface area contributed by atoms with Crippen LogP contribution in [0.2, 0.25) is 0 Å². The zero-order valence-electron chi connectivity index (χ0n) is 16.6. The van der Waals surface area contributed by atoms with Crippen LogP contribution in [-0.4, -0.2) is 35.9 Å². The zero-order chi connectivity index (χ0) is 19.9. The summed E-state index contributed by atoms with van der Waals surface area (Å²) < 4.78 is 5.78. The van der Waals surface area contributed by atoms with E-state index >= 15 is 0 Å². The van der Waals surface area contributed by atoms with Crippen LogP contribution in [0.5, 0.6) is 5.75 Å². The van der Waals surface area contributed by atoms with Gasteiger partial charge in [0.25, 0.3) is 11.8 Å². The number of likely N-dealkylation sites (tertiary alicyclic amines) is 1. The smallest absolute Gasteiger partial charge is 0.265 e. The van der Waals surface area contributed by atoms with Gasteiger partial charge in [-0.15, -0.1) is 0 Å². The first-order valence-corrected chi connectivity index (χ1v) is 9.97. The van der Waals surface area contributed by atoms with Crippen molar-refractivity contribution in [3.8, 4) is 5.75 Å². The molecule has 0 bridgehead atoms. The third-order valence-electron chi connectivity index (χ3n) is 5.04. The van der Waals surface area contributed by atoms with Crippen LogP contribution >= 0.6 is 0 Å². The van der Waals surface area contributed by atoms with Gasteiger partial charge in [-0.3, -0.25) is 9.59 Å². The van der Waals surface area contributed by atoms with E-state index in [1.807, 2.05) is 36.1 Å². The number of nitrogens with one attached hydrogen (secondary N) is 1. The quantitative estimate of drug-likeness (QED) is 0.835. The summed E-state index contributed by atoms with van der Waals surface area (Å²) in [7, 11) is 0. The summed E-state index contributed by atoms with van der Waals surface area (Å²) in [5.41, 5.74) is 2.19. The molecule has 0 radical (unpaired) electrons. The van der Waals surface area contributed by atoms with E-state index in [1.165, 1.54) is 12.8 Å². The lowest BCUT2D eigenvalue weighted by molar-refractivity contribution is -0.122. The number of hydrogen-bond acceptors (Lipinski definition) is 3. The fraction of sp³-hybridized carbons (Fsp3) is 0.391. The number of ether oxygens (including phenoxy) is 1. The summed E-state index contributed by atoms with van der Waals surface area (Å²) >= 11 is 0. The molecular formula is C23H28N2O3. The summed E-state index contributed by atoms with van der Waals surface area (Å²) in [6.07, 6.45) is 3.81. The van der Waals surface area contributed by atoms with E-state index in [1.54, 1.807) is 31.2 Å². The van der Waals surface area contributed by atoms with Gasteiger partial charge in [0.2, 0.25) is 0 Å². The zero-order valence-corrected chi connectivity index (χ0v) is 16.6. The molecule has 28 heavy (non-hydrogen) atoms. The Labute approximate surface area is 166 Å². The predicted octanol–water partition coefficient (Wildman–Crippen LogP) is 4.42. The molecule has 5 heteroatoms. The van der Waals surface area contributed by atoms with Crippen molar-refractivity contribution < 1.29 is 14.3 Å². The van der Waals surface area contributed by atoms with E-state index in [0.717, 1.165) is 31.5 Å². The van der Waals surface area contributed by atoms with Crippen molar-refractivity contribution in [3.63, 3.8) is 0 Å². The van der Waals surface area contributed by atoms with Gasteiger partial charge in [0, 0.05) is 24.3 Å². The maximum atomic E-state index is 12.8. The van der Waals surface area contributed by atoms with Gasteiger partial charge in [-0.05, 0) is 56.5 Å². The second-order valence-electron chi connectivity index (χ2n) is 7.30. The van der Waals surface area contributed by atoms with Crippen LogP contribution < -0.4 is 10.1 Å². The van der Waals surface area contributed by atoms with Crippen molar-refractivity contribution in [2.24, 2.45) is 0 Å². The highest BCUT2D eigenvalue weighted by Gasteiger charge is 2.19. The standard InChI is InChI=1S/C23H28N2O3/c1-17-10-5-6-13-21(17)28-18(2)22(26)24-20-12-9-11-19(16-20)23(27)25-14-7-3-4-8-15-25/h5-6,9-13,16,18H,3-4,7-8,14-15H2,1-2H3,(H,24,26). The molecule has 2 aromatic carbocycles. The van der Waals surface area contributed by atoms with Crippen molar-refractivity contribution in [2.75, 3.05) is 18.4 Å². The highest BCUT2D eigenvalue weighted by molar-refractivity contribution is 5.98. The molecule has 3 rings (SSSR count). The largest absolute Gasteiger partial charge is 0.481 e. The molecule has 0 aromatic heterocycles. The molecule has 5 nitrogen and oxygen atoms in total. The lowest BCUT2D eigenvalue weighted by Gasteiger charge is -2.21. The number of amides is 2. The molecule has 0 spiro atoms. The Morgan fingerprint density at radius 1 is 1.00 bits per heavy atom. The van der Waals surface area contributed by atoms with Crippen LogP contribution in [0, 0.1) is 6.92 Å². The molecular weight excluding hydrogens is 352 g/mol. The first-order valence-electron chi connectivity index (χ1n) is 9.97. The van der Waals surface area contributed by atoms with Crippen LogP contribution in [0.15, 0.2) is 48.5 Å². The average molecular weight is 380 g/mol. The summed E-state index contributed by atoms with van der Waals surface area (Å²) in [6, 6.07) is 14.7. The minimum Gasteiger partial charge on any atom is -0.481 e. The molecule has 148 valence electrons. The molecule has 2 amide bonds. The Bertz CT molecular complexity index is 826. The predicted molar refractivity (Wildman–Crippen MR) is 111 cm³/mol. The van der Waals surface area contributed by atoms with Crippen LogP contribution in [0.1, 0.15) is 48.5 Å². The number of rotatable bonds is 5. The number of benzene rings is 2. The average Bonchev–Trinajstić information content (AvgIpc) is 2.99. The number of hydrogen-bond donors (Lipinski definition) is 1. The first-order chi connectivity index (χ1) is 13.5. The topological polar surface area (TPSA) is 58.6 Å². The summed E-state index contributed by atoms with van der Waals surface area (Å²) in [5.74, 6) is 0.472.